The molecule has 0 atom stereocenters. The fraction of sp³-hybridized carbons (Fsp3) is 0.214. The number of aryl methyl sites for hydroxylation is 1. The van der Waals surface area contributed by atoms with Crippen molar-refractivity contribution in [3.63, 3.8) is 0 Å². The van der Waals surface area contributed by atoms with Crippen LogP contribution >= 0.6 is 11.3 Å². The summed E-state index contributed by atoms with van der Waals surface area (Å²) < 4.78 is 0. The van der Waals surface area contributed by atoms with Gasteiger partial charge in [-0.1, -0.05) is 13.0 Å². The van der Waals surface area contributed by atoms with Crippen molar-refractivity contribution in [2.24, 2.45) is 0 Å². The minimum atomic E-state index is -0.244. The molecule has 2 N–H and O–H groups in total. The average molecular weight is 289 g/mol. The lowest BCUT2D eigenvalue weighted by molar-refractivity contribution is -0.115. The van der Waals surface area contributed by atoms with Crippen molar-refractivity contribution < 1.29 is 9.59 Å². The molecule has 104 valence electrons. The zero-order valence-electron chi connectivity index (χ0n) is 11.3. The number of hydrogen-bond acceptors (Lipinski definition) is 4. The summed E-state index contributed by atoms with van der Waals surface area (Å²) in [6.45, 7) is 3.64. The molecule has 0 aliphatic heterocycles. The fourth-order valence-electron chi connectivity index (χ4n) is 1.57. The SMILES string of the molecule is CCC(=O)Nc1cccc(C(=O)Nc2nc(C)cs2)c1. The highest BCUT2D eigenvalue weighted by Gasteiger charge is 2.09. The number of benzene rings is 1. The van der Waals surface area contributed by atoms with Gasteiger partial charge in [-0.15, -0.1) is 11.3 Å². The Morgan fingerprint density at radius 1 is 1.30 bits per heavy atom. The van der Waals surface area contributed by atoms with E-state index < -0.39 is 0 Å². The summed E-state index contributed by atoms with van der Waals surface area (Å²) in [6, 6.07) is 6.81. The molecule has 0 unspecified atom stereocenters. The Balaban J connectivity index is 2.10. The lowest BCUT2D eigenvalue weighted by atomic mass is 10.2. The Morgan fingerprint density at radius 2 is 2.10 bits per heavy atom. The standard InChI is InChI=1S/C14H15N3O2S/c1-3-12(18)16-11-6-4-5-10(7-11)13(19)17-14-15-9(2)8-20-14/h4-8H,3H2,1-2H3,(H,16,18)(H,15,17,19). The lowest BCUT2D eigenvalue weighted by Gasteiger charge is -2.06. The number of nitrogens with one attached hydrogen (secondary N) is 2. The van der Waals surface area contributed by atoms with E-state index in [-0.39, 0.29) is 11.8 Å². The number of carbonyl (C=O) groups excluding carboxylic acids is 2. The summed E-state index contributed by atoms with van der Waals surface area (Å²) in [7, 11) is 0. The Morgan fingerprint density at radius 3 is 2.75 bits per heavy atom. The topological polar surface area (TPSA) is 71.1 Å². The predicted molar refractivity (Wildman–Crippen MR) is 80.2 cm³/mol. The van der Waals surface area contributed by atoms with Gasteiger partial charge in [0.15, 0.2) is 5.13 Å². The van der Waals surface area contributed by atoms with Gasteiger partial charge in [-0.25, -0.2) is 4.98 Å². The minimum absolute atomic E-state index is 0.0851. The van der Waals surface area contributed by atoms with E-state index in [0.717, 1.165) is 5.69 Å². The molecule has 1 aromatic carbocycles. The largest absolute Gasteiger partial charge is 0.326 e. The van der Waals surface area contributed by atoms with E-state index in [1.165, 1.54) is 11.3 Å². The van der Waals surface area contributed by atoms with Crippen molar-refractivity contribution in [2.75, 3.05) is 10.6 Å². The van der Waals surface area contributed by atoms with Gasteiger partial charge in [0.2, 0.25) is 5.91 Å². The first kappa shape index (κ1) is 14.2. The Bertz CT molecular complexity index is 637. The molecule has 0 fully saturated rings. The summed E-state index contributed by atoms with van der Waals surface area (Å²) in [5, 5.41) is 7.89. The van der Waals surface area contributed by atoms with E-state index in [0.29, 0.717) is 22.8 Å². The molecule has 0 saturated carbocycles. The number of carbonyl (C=O) groups is 2. The molecule has 0 aliphatic carbocycles. The number of aromatic nitrogens is 1. The van der Waals surface area contributed by atoms with Crippen molar-refractivity contribution >= 4 is 34.0 Å². The van der Waals surface area contributed by atoms with E-state index in [4.69, 9.17) is 0 Å². The molecule has 0 aliphatic rings. The van der Waals surface area contributed by atoms with Gasteiger partial charge in [0, 0.05) is 23.1 Å². The van der Waals surface area contributed by atoms with Crippen LogP contribution in [0.25, 0.3) is 0 Å². The molecule has 0 radical (unpaired) electrons. The van der Waals surface area contributed by atoms with Crippen molar-refractivity contribution in [2.45, 2.75) is 20.3 Å². The monoisotopic (exact) mass is 289 g/mol. The highest BCUT2D eigenvalue weighted by molar-refractivity contribution is 7.13. The van der Waals surface area contributed by atoms with E-state index in [1.807, 2.05) is 12.3 Å². The summed E-state index contributed by atoms with van der Waals surface area (Å²) in [6.07, 6.45) is 0.398. The molecule has 2 aromatic rings. The quantitative estimate of drug-likeness (QED) is 0.908. The van der Waals surface area contributed by atoms with Crippen LogP contribution in [0.4, 0.5) is 10.8 Å². The first-order valence-electron chi connectivity index (χ1n) is 6.22. The number of amides is 2. The molecule has 5 nitrogen and oxygen atoms in total. The van der Waals surface area contributed by atoms with Gasteiger partial charge < -0.3 is 5.32 Å². The number of rotatable bonds is 4. The van der Waals surface area contributed by atoms with Crippen LogP contribution < -0.4 is 10.6 Å². The molecular weight excluding hydrogens is 274 g/mol. The maximum Gasteiger partial charge on any atom is 0.257 e. The maximum absolute atomic E-state index is 12.1. The highest BCUT2D eigenvalue weighted by Crippen LogP contribution is 2.17. The number of nitrogens with zero attached hydrogens (tertiary/aromatic N) is 1. The third-order valence-electron chi connectivity index (χ3n) is 2.57. The van der Waals surface area contributed by atoms with E-state index in [2.05, 4.69) is 15.6 Å². The second kappa shape index (κ2) is 6.29. The van der Waals surface area contributed by atoms with Crippen molar-refractivity contribution in [3.8, 4) is 0 Å². The van der Waals surface area contributed by atoms with Gasteiger partial charge in [0.05, 0.1) is 5.69 Å². The van der Waals surface area contributed by atoms with Crippen LogP contribution in [0, 0.1) is 6.92 Å². The van der Waals surface area contributed by atoms with Crippen molar-refractivity contribution in [3.05, 3.63) is 40.9 Å². The molecular formula is C14H15N3O2S. The number of hydrogen-bond donors (Lipinski definition) is 2. The second-order valence-corrected chi connectivity index (χ2v) is 5.09. The molecule has 6 heteroatoms. The maximum atomic E-state index is 12.1. The molecule has 1 heterocycles. The van der Waals surface area contributed by atoms with Crippen LogP contribution in [-0.2, 0) is 4.79 Å². The van der Waals surface area contributed by atoms with E-state index in [1.54, 1.807) is 31.2 Å². The van der Waals surface area contributed by atoms with Crippen molar-refractivity contribution in [1.29, 1.82) is 0 Å². The van der Waals surface area contributed by atoms with Gasteiger partial charge >= 0.3 is 0 Å². The van der Waals surface area contributed by atoms with Gasteiger partial charge in [-0.2, -0.15) is 0 Å². The zero-order valence-corrected chi connectivity index (χ0v) is 12.1. The van der Waals surface area contributed by atoms with Gasteiger partial charge in [0.25, 0.3) is 5.91 Å². The minimum Gasteiger partial charge on any atom is -0.326 e. The first-order chi connectivity index (χ1) is 9.58. The fourth-order valence-corrected chi connectivity index (χ4v) is 2.25. The Labute approximate surface area is 121 Å². The van der Waals surface area contributed by atoms with Crippen LogP contribution in [0.3, 0.4) is 0 Å². The normalized spacial score (nSPS) is 10.1. The summed E-state index contributed by atoms with van der Waals surface area (Å²) >= 11 is 1.38. The second-order valence-electron chi connectivity index (χ2n) is 4.23. The lowest BCUT2D eigenvalue weighted by Crippen LogP contribution is -2.13. The Hall–Kier alpha value is -2.21. The van der Waals surface area contributed by atoms with Crippen molar-refractivity contribution in [1.82, 2.24) is 4.98 Å². The third-order valence-corrected chi connectivity index (χ3v) is 3.44. The summed E-state index contributed by atoms with van der Waals surface area (Å²) in [5.41, 5.74) is 1.96. The van der Waals surface area contributed by atoms with Crippen LogP contribution in [-0.4, -0.2) is 16.8 Å². The Kier molecular flexibility index (Phi) is 4.47. The average Bonchev–Trinajstić information content (AvgIpc) is 2.84. The zero-order chi connectivity index (χ0) is 14.5. The van der Waals surface area contributed by atoms with E-state index >= 15 is 0 Å². The highest BCUT2D eigenvalue weighted by atomic mass is 32.1. The molecule has 1 aromatic heterocycles. The van der Waals surface area contributed by atoms with Gasteiger partial charge in [-0.3, -0.25) is 14.9 Å². The smallest absolute Gasteiger partial charge is 0.257 e. The van der Waals surface area contributed by atoms with Crippen LogP contribution in [0.5, 0.6) is 0 Å². The molecule has 0 spiro atoms. The third kappa shape index (κ3) is 3.64. The van der Waals surface area contributed by atoms with Gasteiger partial charge in [-0.05, 0) is 25.1 Å². The summed E-state index contributed by atoms with van der Waals surface area (Å²) in [5.74, 6) is -0.329. The predicted octanol–water partition coefficient (Wildman–Crippen LogP) is 3.05. The van der Waals surface area contributed by atoms with E-state index in [9.17, 15) is 9.59 Å². The molecule has 0 saturated heterocycles. The molecule has 2 rings (SSSR count). The number of thiazole rings is 1. The van der Waals surface area contributed by atoms with Gasteiger partial charge in [0.1, 0.15) is 0 Å². The summed E-state index contributed by atoms with van der Waals surface area (Å²) in [4.78, 5) is 27.6. The van der Waals surface area contributed by atoms with Crippen LogP contribution in [0.15, 0.2) is 29.6 Å². The van der Waals surface area contributed by atoms with Crippen LogP contribution in [0.1, 0.15) is 29.4 Å². The molecule has 0 bridgehead atoms. The molecule has 20 heavy (non-hydrogen) atoms. The molecule has 2 amide bonds. The number of anilines is 2. The van der Waals surface area contributed by atoms with Crippen LogP contribution in [0.2, 0.25) is 0 Å². The first-order valence-corrected chi connectivity index (χ1v) is 7.10.